The van der Waals surface area contributed by atoms with Gasteiger partial charge in [0.15, 0.2) is 0 Å². The van der Waals surface area contributed by atoms with Gasteiger partial charge in [-0.05, 0) is 19.8 Å². The van der Waals surface area contributed by atoms with E-state index in [1.807, 2.05) is 6.92 Å². The Kier molecular flexibility index (Phi) is 4.69. The molecule has 0 aromatic carbocycles. The third-order valence-corrected chi connectivity index (χ3v) is 2.31. The third-order valence-electron chi connectivity index (χ3n) is 2.31. The molecule has 1 heterocycles. The molecule has 0 unspecified atom stereocenters. The van der Waals surface area contributed by atoms with Crippen molar-refractivity contribution in [3.63, 3.8) is 0 Å². The van der Waals surface area contributed by atoms with Crippen LogP contribution in [-0.4, -0.2) is 43.8 Å². The van der Waals surface area contributed by atoms with E-state index in [1.54, 1.807) is 12.0 Å². The van der Waals surface area contributed by atoms with Crippen LogP contribution >= 0.6 is 0 Å². The quantitative estimate of drug-likeness (QED) is 0.686. The number of rotatable bonds is 3. The van der Waals surface area contributed by atoms with Crippen molar-refractivity contribution in [2.24, 2.45) is 0 Å². The number of amides is 1. The van der Waals surface area contributed by atoms with Gasteiger partial charge in [-0.3, -0.25) is 0 Å². The van der Waals surface area contributed by atoms with Gasteiger partial charge in [-0.15, -0.1) is 0 Å². The zero-order chi connectivity index (χ0) is 10.4. The smallest absolute Gasteiger partial charge is 0.409 e. The maximum atomic E-state index is 11.3. The number of carbonyl (C=O) groups excluding carboxylic acids is 1. The summed E-state index contributed by atoms with van der Waals surface area (Å²) in [6, 6.07) is 0.352. The van der Waals surface area contributed by atoms with E-state index in [9.17, 15) is 4.79 Å². The molecule has 0 atom stereocenters. The highest BCUT2D eigenvalue weighted by Crippen LogP contribution is 2.11. The summed E-state index contributed by atoms with van der Waals surface area (Å²) < 4.78 is 4.91. The molecule has 1 rings (SSSR count). The molecule has 0 spiro atoms. The Morgan fingerprint density at radius 1 is 1.50 bits per heavy atom. The van der Waals surface area contributed by atoms with Gasteiger partial charge in [0.25, 0.3) is 0 Å². The van der Waals surface area contributed by atoms with Crippen molar-refractivity contribution in [1.29, 1.82) is 0 Å². The minimum atomic E-state index is -0.205. The lowest BCUT2D eigenvalue weighted by molar-refractivity contribution is 0.0329. The van der Waals surface area contributed by atoms with E-state index >= 15 is 0 Å². The number of likely N-dealkylation sites (tertiary alicyclic amines) is 1. The van der Waals surface area contributed by atoms with Crippen LogP contribution in [0.1, 0.15) is 19.8 Å². The van der Waals surface area contributed by atoms with Gasteiger partial charge in [-0.2, -0.15) is 5.48 Å². The number of hydrogen-bond acceptors (Lipinski definition) is 4. The SMILES string of the molecule is CCOC(=O)N1CCC(NOC)CC1. The first-order valence-corrected chi connectivity index (χ1v) is 4.98. The normalized spacial score (nSPS) is 18.3. The Hall–Kier alpha value is -0.810. The van der Waals surface area contributed by atoms with Crippen LogP contribution in [0.25, 0.3) is 0 Å². The molecule has 5 heteroatoms. The Labute approximate surface area is 84.3 Å². The van der Waals surface area contributed by atoms with E-state index < -0.39 is 0 Å². The number of ether oxygens (including phenoxy) is 1. The van der Waals surface area contributed by atoms with Crippen molar-refractivity contribution in [3.05, 3.63) is 0 Å². The van der Waals surface area contributed by atoms with Gasteiger partial charge >= 0.3 is 6.09 Å². The molecule has 0 saturated carbocycles. The summed E-state index contributed by atoms with van der Waals surface area (Å²) in [5.41, 5.74) is 2.90. The highest BCUT2D eigenvalue weighted by Gasteiger charge is 2.22. The lowest BCUT2D eigenvalue weighted by Crippen LogP contribution is -2.44. The third kappa shape index (κ3) is 3.16. The maximum absolute atomic E-state index is 11.3. The molecule has 5 nitrogen and oxygen atoms in total. The molecule has 0 aliphatic carbocycles. The van der Waals surface area contributed by atoms with Gasteiger partial charge < -0.3 is 14.5 Å². The molecule has 0 bridgehead atoms. The zero-order valence-electron chi connectivity index (χ0n) is 8.78. The predicted molar refractivity (Wildman–Crippen MR) is 51.8 cm³/mol. The van der Waals surface area contributed by atoms with Crippen LogP contribution in [-0.2, 0) is 9.57 Å². The highest BCUT2D eigenvalue weighted by atomic mass is 16.6. The molecule has 14 heavy (non-hydrogen) atoms. The standard InChI is InChI=1S/C9H18N2O3/c1-3-14-9(12)11-6-4-8(5-7-11)10-13-2/h8,10H,3-7H2,1-2H3. The first kappa shape index (κ1) is 11.3. The minimum absolute atomic E-state index is 0.205. The number of hydrogen-bond donors (Lipinski definition) is 1. The largest absolute Gasteiger partial charge is 0.450 e. The summed E-state index contributed by atoms with van der Waals surface area (Å²) >= 11 is 0. The van der Waals surface area contributed by atoms with Gasteiger partial charge in [0.1, 0.15) is 0 Å². The fourth-order valence-corrected chi connectivity index (χ4v) is 1.56. The van der Waals surface area contributed by atoms with Gasteiger partial charge in [0, 0.05) is 19.1 Å². The van der Waals surface area contributed by atoms with E-state index in [2.05, 4.69) is 5.48 Å². The van der Waals surface area contributed by atoms with Crippen LogP contribution in [0.3, 0.4) is 0 Å². The van der Waals surface area contributed by atoms with Gasteiger partial charge in [0.2, 0.25) is 0 Å². The molecule has 1 aliphatic rings. The molecule has 1 fully saturated rings. The van der Waals surface area contributed by atoms with Crippen LogP contribution in [0.4, 0.5) is 4.79 Å². The summed E-state index contributed by atoms with van der Waals surface area (Å²) in [5, 5.41) is 0. The fraction of sp³-hybridized carbons (Fsp3) is 0.889. The maximum Gasteiger partial charge on any atom is 0.409 e. The second-order valence-electron chi connectivity index (χ2n) is 3.28. The molecule has 1 N–H and O–H groups in total. The van der Waals surface area contributed by atoms with E-state index in [4.69, 9.17) is 9.57 Å². The zero-order valence-corrected chi connectivity index (χ0v) is 8.78. The average molecular weight is 202 g/mol. The Morgan fingerprint density at radius 3 is 2.64 bits per heavy atom. The van der Waals surface area contributed by atoms with E-state index in [1.165, 1.54) is 0 Å². The average Bonchev–Trinajstić information content (AvgIpc) is 2.20. The van der Waals surface area contributed by atoms with Crippen molar-refractivity contribution < 1.29 is 14.4 Å². The molecule has 0 aromatic rings. The summed E-state index contributed by atoms with van der Waals surface area (Å²) in [6.45, 7) is 3.73. The highest BCUT2D eigenvalue weighted by molar-refractivity contribution is 5.67. The molecule has 1 saturated heterocycles. The van der Waals surface area contributed by atoms with Gasteiger partial charge in [-0.25, -0.2) is 4.79 Å². The van der Waals surface area contributed by atoms with Crippen molar-refractivity contribution >= 4 is 6.09 Å². The van der Waals surface area contributed by atoms with Crippen molar-refractivity contribution in [3.8, 4) is 0 Å². The lowest BCUT2D eigenvalue weighted by Gasteiger charge is -2.30. The molecule has 1 aliphatic heterocycles. The Morgan fingerprint density at radius 2 is 2.14 bits per heavy atom. The molecule has 0 radical (unpaired) electrons. The number of carbonyl (C=O) groups is 1. The molecular formula is C9H18N2O3. The topological polar surface area (TPSA) is 50.8 Å². The number of hydroxylamine groups is 1. The first-order valence-electron chi connectivity index (χ1n) is 4.98. The second kappa shape index (κ2) is 5.82. The number of nitrogens with one attached hydrogen (secondary N) is 1. The van der Waals surface area contributed by atoms with Crippen LogP contribution in [0, 0.1) is 0 Å². The summed E-state index contributed by atoms with van der Waals surface area (Å²) in [6.07, 6.45) is 1.61. The monoisotopic (exact) mass is 202 g/mol. The summed E-state index contributed by atoms with van der Waals surface area (Å²) in [5.74, 6) is 0. The van der Waals surface area contributed by atoms with Crippen LogP contribution < -0.4 is 5.48 Å². The van der Waals surface area contributed by atoms with Crippen LogP contribution in [0.2, 0.25) is 0 Å². The second-order valence-corrected chi connectivity index (χ2v) is 3.28. The Bertz CT molecular complexity index is 179. The molecule has 1 amide bonds. The van der Waals surface area contributed by atoms with Crippen molar-refractivity contribution in [2.45, 2.75) is 25.8 Å². The molecule has 82 valence electrons. The van der Waals surface area contributed by atoms with Crippen molar-refractivity contribution in [2.75, 3.05) is 26.8 Å². The molecule has 0 aromatic heterocycles. The summed E-state index contributed by atoms with van der Waals surface area (Å²) in [7, 11) is 1.61. The van der Waals surface area contributed by atoms with Gasteiger partial charge in [0.05, 0.1) is 13.7 Å². The first-order chi connectivity index (χ1) is 6.77. The Balaban J connectivity index is 2.24. The van der Waals surface area contributed by atoms with E-state index in [0.29, 0.717) is 12.6 Å². The van der Waals surface area contributed by atoms with Crippen molar-refractivity contribution in [1.82, 2.24) is 10.4 Å². The van der Waals surface area contributed by atoms with E-state index in [-0.39, 0.29) is 6.09 Å². The van der Waals surface area contributed by atoms with Crippen LogP contribution in [0.5, 0.6) is 0 Å². The lowest BCUT2D eigenvalue weighted by atomic mass is 10.1. The molecular weight excluding hydrogens is 184 g/mol. The van der Waals surface area contributed by atoms with Gasteiger partial charge in [-0.1, -0.05) is 0 Å². The number of nitrogens with zero attached hydrogens (tertiary/aromatic N) is 1. The number of piperidine rings is 1. The van der Waals surface area contributed by atoms with Crippen LogP contribution in [0.15, 0.2) is 0 Å². The minimum Gasteiger partial charge on any atom is -0.450 e. The predicted octanol–water partition coefficient (Wildman–Crippen LogP) is 0.758. The fourth-order valence-electron chi connectivity index (χ4n) is 1.56. The van der Waals surface area contributed by atoms with E-state index in [0.717, 1.165) is 25.9 Å². The summed E-state index contributed by atoms with van der Waals surface area (Å²) in [4.78, 5) is 17.9.